The normalized spacial score (nSPS) is 10.9. The van der Waals surface area contributed by atoms with E-state index in [4.69, 9.17) is 16.3 Å². The minimum Gasteiger partial charge on any atom is -0.497 e. The van der Waals surface area contributed by atoms with Gasteiger partial charge in [0.1, 0.15) is 5.75 Å². The third kappa shape index (κ3) is 4.63. The largest absolute Gasteiger partial charge is 0.497 e. The van der Waals surface area contributed by atoms with Crippen LogP contribution in [-0.4, -0.2) is 13.3 Å². The zero-order valence-electron chi connectivity index (χ0n) is 13.1. The van der Waals surface area contributed by atoms with Crippen LogP contribution in [0, 0.1) is 0 Å². The number of halogens is 1. The van der Waals surface area contributed by atoms with E-state index < -0.39 is 0 Å². The van der Waals surface area contributed by atoms with Crippen LogP contribution >= 0.6 is 23.4 Å². The van der Waals surface area contributed by atoms with E-state index in [2.05, 4.69) is 29.3 Å². The van der Waals surface area contributed by atoms with Crippen LogP contribution in [0.1, 0.15) is 5.56 Å². The minimum absolute atomic E-state index is 0.754. The second kappa shape index (κ2) is 8.04. The first kappa shape index (κ1) is 16.6. The molecule has 0 unspecified atom stereocenters. The summed E-state index contributed by atoms with van der Waals surface area (Å²) in [5, 5.41) is 0.754. The summed E-state index contributed by atoms with van der Waals surface area (Å²) in [7, 11) is 1.65. The van der Waals surface area contributed by atoms with E-state index in [0.717, 1.165) is 22.0 Å². The fourth-order valence-electron chi connectivity index (χ4n) is 2.08. The highest BCUT2D eigenvalue weighted by atomic mass is 35.5. The lowest BCUT2D eigenvalue weighted by Crippen LogP contribution is -1.82. The number of benzene rings is 3. The highest BCUT2D eigenvalue weighted by Crippen LogP contribution is 2.28. The van der Waals surface area contributed by atoms with Gasteiger partial charge in [0.15, 0.2) is 0 Å². The van der Waals surface area contributed by atoms with Crippen molar-refractivity contribution < 1.29 is 4.74 Å². The van der Waals surface area contributed by atoms with Gasteiger partial charge < -0.3 is 4.74 Å². The quantitative estimate of drug-likeness (QED) is 0.505. The van der Waals surface area contributed by atoms with Gasteiger partial charge in [-0.25, -0.2) is 0 Å². The molecule has 0 aliphatic carbocycles. The van der Waals surface area contributed by atoms with Gasteiger partial charge in [0.25, 0.3) is 0 Å². The summed E-state index contributed by atoms with van der Waals surface area (Å²) in [6.07, 6.45) is 1.86. The smallest absolute Gasteiger partial charge is 0.119 e. The molecule has 0 N–H and O–H groups in total. The van der Waals surface area contributed by atoms with Crippen molar-refractivity contribution in [3.05, 3.63) is 83.4 Å². The van der Waals surface area contributed by atoms with E-state index in [0.29, 0.717) is 0 Å². The topological polar surface area (TPSA) is 21.6 Å². The average Bonchev–Trinajstić information content (AvgIpc) is 2.63. The maximum Gasteiger partial charge on any atom is 0.119 e. The molecule has 0 aliphatic heterocycles. The van der Waals surface area contributed by atoms with Crippen molar-refractivity contribution in [2.24, 2.45) is 4.99 Å². The first-order valence-electron chi connectivity index (χ1n) is 7.44. The van der Waals surface area contributed by atoms with Crippen molar-refractivity contribution in [2.45, 2.75) is 9.79 Å². The molecule has 24 heavy (non-hydrogen) atoms. The summed E-state index contributed by atoms with van der Waals surface area (Å²) in [5.74, 6) is 0.831. The van der Waals surface area contributed by atoms with Crippen LogP contribution in [0.2, 0.25) is 5.02 Å². The SMILES string of the molecule is COc1ccc(N=Cc2ccc(Sc3ccc(Cl)cc3)cc2)cc1. The summed E-state index contributed by atoms with van der Waals surface area (Å²) in [6, 6.07) is 23.8. The van der Waals surface area contributed by atoms with Gasteiger partial charge >= 0.3 is 0 Å². The molecule has 3 aromatic carbocycles. The third-order valence-electron chi connectivity index (χ3n) is 3.36. The maximum absolute atomic E-state index is 5.91. The zero-order valence-corrected chi connectivity index (χ0v) is 14.7. The molecule has 0 fully saturated rings. The zero-order chi connectivity index (χ0) is 16.8. The van der Waals surface area contributed by atoms with E-state index in [9.17, 15) is 0 Å². The number of hydrogen-bond donors (Lipinski definition) is 0. The minimum atomic E-state index is 0.754. The Hall–Kier alpha value is -2.23. The predicted octanol–water partition coefficient (Wildman–Crippen LogP) is 6.25. The van der Waals surface area contributed by atoms with Gasteiger partial charge in [0.05, 0.1) is 12.8 Å². The summed E-state index contributed by atoms with van der Waals surface area (Å²) in [6.45, 7) is 0. The lowest BCUT2D eigenvalue weighted by atomic mass is 10.2. The standard InChI is InChI=1S/C20H16ClNOS/c1-23-18-8-6-17(7-9-18)22-14-15-2-10-19(11-3-15)24-20-12-4-16(21)5-13-20/h2-14H,1H3. The molecule has 0 bridgehead atoms. The maximum atomic E-state index is 5.91. The van der Waals surface area contributed by atoms with Gasteiger partial charge in [0, 0.05) is 21.0 Å². The van der Waals surface area contributed by atoms with Gasteiger partial charge in [-0.3, -0.25) is 4.99 Å². The fraction of sp³-hybridized carbons (Fsp3) is 0.0500. The fourth-order valence-corrected chi connectivity index (χ4v) is 3.02. The molecule has 4 heteroatoms. The van der Waals surface area contributed by atoms with Gasteiger partial charge in [0.2, 0.25) is 0 Å². The molecule has 0 saturated heterocycles. The molecule has 3 rings (SSSR count). The van der Waals surface area contributed by atoms with E-state index >= 15 is 0 Å². The molecule has 0 spiro atoms. The van der Waals surface area contributed by atoms with Crippen molar-refractivity contribution >= 4 is 35.3 Å². The van der Waals surface area contributed by atoms with Crippen molar-refractivity contribution in [1.82, 2.24) is 0 Å². The predicted molar refractivity (Wildman–Crippen MR) is 102 cm³/mol. The number of hydrogen-bond acceptors (Lipinski definition) is 3. The second-order valence-corrected chi connectivity index (χ2v) is 6.66. The summed E-state index contributed by atoms with van der Waals surface area (Å²) in [5.41, 5.74) is 1.96. The van der Waals surface area contributed by atoms with Crippen LogP contribution in [0.4, 0.5) is 5.69 Å². The van der Waals surface area contributed by atoms with Crippen molar-refractivity contribution in [3.8, 4) is 5.75 Å². The highest BCUT2D eigenvalue weighted by Gasteiger charge is 1.98. The second-order valence-electron chi connectivity index (χ2n) is 5.08. The van der Waals surface area contributed by atoms with Gasteiger partial charge in [-0.15, -0.1) is 0 Å². The lowest BCUT2D eigenvalue weighted by Gasteiger charge is -2.02. The Kier molecular flexibility index (Phi) is 5.57. The Balaban J connectivity index is 1.65. The first-order valence-corrected chi connectivity index (χ1v) is 8.64. The number of nitrogens with zero attached hydrogens (tertiary/aromatic N) is 1. The molecule has 0 atom stereocenters. The van der Waals surface area contributed by atoms with E-state index in [1.807, 2.05) is 54.7 Å². The molecule has 0 heterocycles. The molecule has 0 aromatic heterocycles. The van der Waals surface area contributed by atoms with E-state index in [1.165, 1.54) is 9.79 Å². The van der Waals surface area contributed by atoms with Crippen molar-refractivity contribution in [2.75, 3.05) is 7.11 Å². The highest BCUT2D eigenvalue weighted by molar-refractivity contribution is 7.99. The summed E-state index contributed by atoms with van der Waals surface area (Å²) in [4.78, 5) is 6.82. The number of rotatable bonds is 5. The van der Waals surface area contributed by atoms with Crippen molar-refractivity contribution in [3.63, 3.8) is 0 Å². The molecule has 0 radical (unpaired) electrons. The number of ether oxygens (including phenoxy) is 1. The molecule has 2 nitrogen and oxygen atoms in total. The van der Waals surface area contributed by atoms with Crippen LogP contribution in [0.15, 0.2) is 87.6 Å². The summed E-state index contributed by atoms with van der Waals surface area (Å²) >= 11 is 7.61. The van der Waals surface area contributed by atoms with Crippen LogP contribution in [0.25, 0.3) is 0 Å². The van der Waals surface area contributed by atoms with Crippen LogP contribution in [0.5, 0.6) is 5.75 Å². The number of aliphatic imine (C=N–C) groups is 1. The van der Waals surface area contributed by atoms with Gasteiger partial charge in [-0.1, -0.05) is 35.5 Å². The van der Waals surface area contributed by atoms with Crippen molar-refractivity contribution in [1.29, 1.82) is 0 Å². The van der Waals surface area contributed by atoms with E-state index in [-0.39, 0.29) is 0 Å². The third-order valence-corrected chi connectivity index (χ3v) is 4.63. The molecular formula is C20H16ClNOS. The molecule has 3 aromatic rings. The summed E-state index contributed by atoms with van der Waals surface area (Å²) < 4.78 is 5.14. The Bertz CT molecular complexity index is 812. The van der Waals surface area contributed by atoms with Gasteiger partial charge in [-0.05, 0) is 66.2 Å². The first-order chi connectivity index (χ1) is 11.7. The van der Waals surface area contributed by atoms with E-state index in [1.54, 1.807) is 18.9 Å². The van der Waals surface area contributed by atoms with Crippen LogP contribution in [-0.2, 0) is 0 Å². The average molecular weight is 354 g/mol. The molecular weight excluding hydrogens is 338 g/mol. The molecule has 0 saturated carbocycles. The Morgan fingerprint density at radius 1 is 0.833 bits per heavy atom. The molecule has 120 valence electrons. The van der Waals surface area contributed by atoms with Crippen LogP contribution < -0.4 is 4.74 Å². The Labute approximate surface area is 151 Å². The Morgan fingerprint density at radius 2 is 1.42 bits per heavy atom. The Morgan fingerprint density at radius 3 is 2.00 bits per heavy atom. The lowest BCUT2D eigenvalue weighted by molar-refractivity contribution is 0.415. The number of methoxy groups -OCH3 is 1. The van der Waals surface area contributed by atoms with Gasteiger partial charge in [-0.2, -0.15) is 0 Å². The molecule has 0 amide bonds. The monoisotopic (exact) mass is 353 g/mol. The van der Waals surface area contributed by atoms with Crippen LogP contribution in [0.3, 0.4) is 0 Å². The molecule has 0 aliphatic rings.